The highest BCUT2D eigenvalue weighted by molar-refractivity contribution is 4.73. The smallest absolute Gasteiger partial charge is 0.0195 e. The van der Waals surface area contributed by atoms with Crippen molar-refractivity contribution in [2.75, 3.05) is 13.1 Å². The van der Waals surface area contributed by atoms with E-state index in [1.54, 1.807) is 0 Å². The average molecular weight is 173 g/mol. The molecular formula is C9H23N3. The van der Waals surface area contributed by atoms with Crippen LogP contribution in [0.2, 0.25) is 0 Å². The molecule has 0 aromatic heterocycles. The van der Waals surface area contributed by atoms with Crippen molar-refractivity contribution in [3.8, 4) is 0 Å². The molecule has 0 amide bonds. The molecule has 2 unspecified atom stereocenters. The lowest BCUT2D eigenvalue weighted by Gasteiger charge is -2.22. The summed E-state index contributed by atoms with van der Waals surface area (Å²) in [6.07, 6.45) is 1.13. The molecule has 0 saturated carbocycles. The molecule has 0 saturated heterocycles. The lowest BCUT2D eigenvalue weighted by Crippen LogP contribution is -2.45. The fraction of sp³-hybridized carbons (Fsp3) is 1.00. The molecule has 0 spiro atoms. The first-order valence-corrected chi connectivity index (χ1v) is 4.76. The van der Waals surface area contributed by atoms with Crippen LogP contribution in [-0.2, 0) is 0 Å². The molecule has 0 aromatic rings. The molecule has 2 atom stereocenters. The third-order valence-electron chi connectivity index (χ3n) is 1.91. The van der Waals surface area contributed by atoms with Crippen LogP contribution in [0, 0.1) is 5.92 Å². The second-order valence-electron chi connectivity index (χ2n) is 3.87. The first-order valence-electron chi connectivity index (χ1n) is 4.76. The lowest BCUT2D eigenvalue weighted by atomic mass is 10.0. The summed E-state index contributed by atoms with van der Waals surface area (Å²) < 4.78 is 0. The van der Waals surface area contributed by atoms with Crippen LogP contribution < -0.4 is 16.8 Å². The Morgan fingerprint density at radius 2 is 1.67 bits per heavy atom. The van der Waals surface area contributed by atoms with E-state index < -0.39 is 0 Å². The van der Waals surface area contributed by atoms with Gasteiger partial charge in [-0.1, -0.05) is 13.8 Å². The normalized spacial score (nSPS) is 16.5. The van der Waals surface area contributed by atoms with E-state index >= 15 is 0 Å². The Morgan fingerprint density at radius 1 is 1.08 bits per heavy atom. The molecular weight excluding hydrogens is 150 g/mol. The van der Waals surface area contributed by atoms with Crippen molar-refractivity contribution in [2.45, 2.75) is 39.3 Å². The minimum Gasteiger partial charge on any atom is -0.329 e. The largest absolute Gasteiger partial charge is 0.329 e. The molecule has 3 nitrogen and oxygen atoms in total. The molecule has 74 valence electrons. The van der Waals surface area contributed by atoms with Gasteiger partial charge in [0.2, 0.25) is 0 Å². The summed E-state index contributed by atoms with van der Waals surface area (Å²) in [4.78, 5) is 0. The van der Waals surface area contributed by atoms with Crippen LogP contribution in [0.15, 0.2) is 0 Å². The van der Waals surface area contributed by atoms with Crippen LogP contribution in [0.25, 0.3) is 0 Å². The Morgan fingerprint density at radius 3 is 2.00 bits per heavy atom. The van der Waals surface area contributed by atoms with Crippen molar-refractivity contribution in [3.05, 3.63) is 0 Å². The third kappa shape index (κ3) is 5.52. The molecule has 0 radical (unpaired) electrons. The maximum atomic E-state index is 5.62. The summed E-state index contributed by atoms with van der Waals surface area (Å²) in [5.41, 5.74) is 11.1. The summed E-state index contributed by atoms with van der Waals surface area (Å²) >= 11 is 0. The highest BCUT2D eigenvalue weighted by Crippen LogP contribution is 2.03. The van der Waals surface area contributed by atoms with Crippen molar-refractivity contribution in [2.24, 2.45) is 17.4 Å². The molecule has 0 rings (SSSR count). The number of hydrogen-bond acceptors (Lipinski definition) is 3. The monoisotopic (exact) mass is 173 g/mol. The predicted octanol–water partition coefficient (Wildman–Crippen LogP) is 0.297. The van der Waals surface area contributed by atoms with E-state index in [0.717, 1.165) is 6.42 Å². The standard InChI is InChI=1S/C9H23N3/c1-7(2)4-9(6-11)12-8(3)5-10/h7-9,12H,4-6,10-11H2,1-3H3. The van der Waals surface area contributed by atoms with Gasteiger partial charge in [0.25, 0.3) is 0 Å². The van der Waals surface area contributed by atoms with Gasteiger partial charge in [0.1, 0.15) is 0 Å². The number of nitrogens with two attached hydrogens (primary N) is 2. The molecule has 0 bridgehead atoms. The predicted molar refractivity (Wildman–Crippen MR) is 53.9 cm³/mol. The van der Waals surface area contributed by atoms with Crippen LogP contribution in [0.4, 0.5) is 0 Å². The van der Waals surface area contributed by atoms with Crippen molar-refractivity contribution in [1.82, 2.24) is 5.32 Å². The second-order valence-corrected chi connectivity index (χ2v) is 3.87. The Hall–Kier alpha value is -0.120. The van der Waals surface area contributed by atoms with Crippen LogP contribution in [0.1, 0.15) is 27.2 Å². The Kier molecular flexibility index (Phi) is 6.34. The van der Waals surface area contributed by atoms with E-state index in [4.69, 9.17) is 11.5 Å². The zero-order valence-electron chi connectivity index (χ0n) is 8.51. The van der Waals surface area contributed by atoms with E-state index in [0.29, 0.717) is 31.1 Å². The van der Waals surface area contributed by atoms with Gasteiger partial charge in [-0.2, -0.15) is 0 Å². The van der Waals surface area contributed by atoms with Crippen LogP contribution in [0.3, 0.4) is 0 Å². The summed E-state index contributed by atoms with van der Waals surface area (Å²) in [6.45, 7) is 7.87. The average Bonchev–Trinajstić information content (AvgIpc) is 2.02. The van der Waals surface area contributed by atoms with Crippen molar-refractivity contribution < 1.29 is 0 Å². The van der Waals surface area contributed by atoms with E-state index in [2.05, 4.69) is 26.1 Å². The van der Waals surface area contributed by atoms with E-state index in [9.17, 15) is 0 Å². The first-order chi connectivity index (χ1) is 5.60. The maximum absolute atomic E-state index is 5.62. The highest BCUT2D eigenvalue weighted by atomic mass is 15.0. The van der Waals surface area contributed by atoms with Crippen LogP contribution in [0.5, 0.6) is 0 Å². The molecule has 0 aliphatic carbocycles. The highest BCUT2D eigenvalue weighted by Gasteiger charge is 2.10. The second kappa shape index (κ2) is 6.40. The molecule has 0 aliphatic heterocycles. The molecule has 0 aliphatic rings. The van der Waals surface area contributed by atoms with Crippen LogP contribution in [-0.4, -0.2) is 25.2 Å². The van der Waals surface area contributed by atoms with Gasteiger partial charge >= 0.3 is 0 Å². The van der Waals surface area contributed by atoms with E-state index in [1.807, 2.05) is 0 Å². The van der Waals surface area contributed by atoms with E-state index in [-0.39, 0.29) is 0 Å². The maximum Gasteiger partial charge on any atom is 0.0195 e. The minimum absolute atomic E-state index is 0.372. The van der Waals surface area contributed by atoms with Gasteiger partial charge in [-0.15, -0.1) is 0 Å². The minimum atomic E-state index is 0.372. The summed E-state index contributed by atoms with van der Waals surface area (Å²) in [5, 5.41) is 3.40. The zero-order chi connectivity index (χ0) is 9.56. The summed E-state index contributed by atoms with van der Waals surface area (Å²) in [6, 6.07) is 0.792. The van der Waals surface area contributed by atoms with Crippen molar-refractivity contribution >= 4 is 0 Å². The molecule has 0 fully saturated rings. The fourth-order valence-corrected chi connectivity index (χ4v) is 1.27. The topological polar surface area (TPSA) is 64.1 Å². The summed E-state index contributed by atoms with van der Waals surface area (Å²) in [7, 11) is 0. The molecule has 0 heterocycles. The van der Waals surface area contributed by atoms with Gasteiger partial charge in [0.15, 0.2) is 0 Å². The van der Waals surface area contributed by atoms with Crippen molar-refractivity contribution in [1.29, 1.82) is 0 Å². The fourth-order valence-electron chi connectivity index (χ4n) is 1.27. The molecule has 0 aromatic carbocycles. The SMILES string of the molecule is CC(C)CC(CN)NC(C)CN. The first kappa shape index (κ1) is 11.9. The Balaban J connectivity index is 3.66. The van der Waals surface area contributed by atoms with E-state index in [1.165, 1.54) is 0 Å². The van der Waals surface area contributed by atoms with Gasteiger partial charge in [-0.3, -0.25) is 0 Å². The van der Waals surface area contributed by atoms with Gasteiger partial charge in [-0.25, -0.2) is 0 Å². The number of nitrogens with one attached hydrogen (secondary N) is 1. The van der Waals surface area contributed by atoms with Gasteiger partial charge in [-0.05, 0) is 19.3 Å². The zero-order valence-corrected chi connectivity index (χ0v) is 8.51. The lowest BCUT2D eigenvalue weighted by molar-refractivity contribution is 0.388. The quantitative estimate of drug-likeness (QED) is 0.541. The molecule has 12 heavy (non-hydrogen) atoms. The Bertz CT molecular complexity index is 104. The van der Waals surface area contributed by atoms with Gasteiger partial charge < -0.3 is 16.8 Å². The van der Waals surface area contributed by atoms with Crippen LogP contribution >= 0.6 is 0 Å². The third-order valence-corrected chi connectivity index (χ3v) is 1.91. The van der Waals surface area contributed by atoms with Crippen molar-refractivity contribution in [3.63, 3.8) is 0 Å². The number of rotatable bonds is 6. The molecule has 3 heteroatoms. The number of hydrogen-bond donors (Lipinski definition) is 3. The summed E-state index contributed by atoms with van der Waals surface area (Å²) in [5.74, 6) is 0.691. The van der Waals surface area contributed by atoms with Gasteiger partial charge in [0.05, 0.1) is 0 Å². The Labute approximate surface area is 75.9 Å². The van der Waals surface area contributed by atoms with Gasteiger partial charge in [0, 0.05) is 25.2 Å². The molecule has 5 N–H and O–H groups in total.